The molecule has 5 heteroatoms. The van der Waals surface area contributed by atoms with Crippen molar-refractivity contribution in [2.45, 2.75) is 13.0 Å². The van der Waals surface area contributed by atoms with Crippen molar-refractivity contribution in [3.05, 3.63) is 18.0 Å². The Morgan fingerprint density at radius 2 is 1.76 bits per heavy atom. The van der Waals surface area contributed by atoms with Crippen LogP contribution in [0.5, 0.6) is 0 Å². The molecule has 0 unspecified atom stereocenters. The first-order valence-electron chi connectivity index (χ1n) is 5.95. The molecule has 0 aromatic carbocycles. The summed E-state index contributed by atoms with van der Waals surface area (Å²) in [5, 5.41) is 3.08. The fraction of sp³-hybridized carbons (Fsp3) is 0.667. The van der Waals surface area contributed by atoms with Gasteiger partial charge in [-0.05, 0) is 34.1 Å². The Kier molecular flexibility index (Phi) is 5.86. The third-order valence-corrected chi connectivity index (χ3v) is 2.51. The van der Waals surface area contributed by atoms with E-state index in [2.05, 4.69) is 39.2 Å². The van der Waals surface area contributed by atoms with Crippen molar-refractivity contribution >= 4 is 5.95 Å². The van der Waals surface area contributed by atoms with Gasteiger partial charge in [0, 0.05) is 38.1 Å². The zero-order valence-electron chi connectivity index (χ0n) is 11.3. The zero-order chi connectivity index (χ0) is 12.7. The summed E-state index contributed by atoms with van der Waals surface area (Å²) in [5.74, 6) is 0.795. The Hall–Kier alpha value is -1.20. The van der Waals surface area contributed by atoms with Gasteiger partial charge >= 0.3 is 0 Å². The van der Waals surface area contributed by atoms with E-state index in [1.54, 1.807) is 0 Å². The summed E-state index contributed by atoms with van der Waals surface area (Å²) in [5.41, 5.74) is 1.11. The maximum absolute atomic E-state index is 4.36. The number of aromatic nitrogens is 2. The van der Waals surface area contributed by atoms with Gasteiger partial charge in [-0.1, -0.05) is 0 Å². The maximum Gasteiger partial charge on any atom is 0.224 e. The third kappa shape index (κ3) is 5.10. The largest absolute Gasteiger partial charge is 0.344 e. The van der Waals surface area contributed by atoms with Crippen LogP contribution in [0, 0.1) is 0 Å². The maximum atomic E-state index is 4.36. The highest BCUT2D eigenvalue weighted by molar-refractivity contribution is 5.28. The number of rotatable bonds is 7. The lowest BCUT2D eigenvalue weighted by molar-refractivity contribution is 0.401. The normalized spacial score (nSPS) is 10.9. The Morgan fingerprint density at radius 3 is 2.29 bits per heavy atom. The molecule has 1 heterocycles. The summed E-state index contributed by atoms with van der Waals surface area (Å²) in [7, 11) is 8.12. The average molecular weight is 237 g/mol. The van der Waals surface area contributed by atoms with E-state index in [0.717, 1.165) is 37.6 Å². The van der Waals surface area contributed by atoms with Crippen molar-refractivity contribution in [3.63, 3.8) is 0 Å². The third-order valence-electron chi connectivity index (χ3n) is 2.51. The van der Waals surface area contributed by atoms with Crippen LogP contribution in [0.4, 0.5) is 5.95 Å². The average Bonchev–Trinajstić information content (AvgIpc) is 2.30. The minimum Gasteiger partial charge on any atom is -0.344 e. The van der Waals surface area contributed by atoms with Crippen molar-refractivity contribution in [3.8, 4) is 0 Å². The fourth-order valence-corrected chi connectivity index (χ4v) is 1.56. The minimum atomic E-state index is 0.795. The minimum absolute atomic E-state index is 0.795. The number of nitrogens with zero attached hydrogens (tertiary/aromatic N) is 4. The number of anilines is 1. The smallest absolute Gasteiger partial charge is 0.224 e. The molecular weight excluding hydrogens is 214 g/mol. The predicted molar refractivity (Wildman–Crippen MR) is 71.2 cm³/mol. The summed E-state index contributed by atoms with van der Waals surface area (Å²) in [4.78, 5) is 13.0. The highest BCUT2D eigenvalue weighted by atomic mass is 15.2. The molecular formula is C12H23N5. The summed E-state index contributed by atoms with van der Waals surface area (Å²) < 4.78 is 0. The highest BCUT2D eigenvalue weighted by Gasteiger charge is 2.03. The lowest BCUT2D eigenvalue weighted by Crippen LogP contribution is -2.24. The summed E-state index contributed by atoms with van der Waals surface area (Å²) in [6.07, 6.45) is 4.87. The van der Waals surface area contributed by atoms with Crippen LogP contribution in [0.15, 0.2) is 12.4 Å². The molecule has 96 valence electrons. The molecule has 0 radical (unpaired) electrons. The van der Waals surface area contributed by atoms with Gasteiger partial charge in [0.15, 0.2) is 0 Å². The van der Waals surface area contributed by atoms with Gasteiger partial charge in [-0.25, -0.2) is 9.97 Å². The second kappa shape index (κ2) is 7.19. The fourth-order valence-electron chi connectivity index (χ4n) is 1.56. The van der Waals surface area contributed by atoms with Gasteiger partial charge in [-0.15, -0.1) is 0 Å². The molecule has 0 atom stereocenters. The predicted octanol–water partition coefficient (Wildman–Crippen LogP) is 0.584. The first-order valence-corrected chi connectivity index (χ1v) is 5.95. The molecule has 0 saturated carbocycles. The van der Waals surface area contributed by atoms with Crippen LogP contribution in [-0.2, 0) is 6.54 Å². The molecule has 0 aliphatic rings. The topological polar surface area (TPSA) is 44.3 Å². The molecule has 1 aromatic rings. The van der Waals surface area contributed by atoms with E-state index < -0.39 is 0 Å². The van der Waals surface area contributed by atoms with E-state index in [-0.39, 0.29) is 0 Å². The summed E-state index contributed by atoms with van der Waals surface area (Å²) >= 11 is 0. The zero-order valence-corrected chi connectivity index (χ0v) is 11.3. The molecule has 0 aliphatic carbocycles. The molecule has 0 saturated heterocycles. The Balaban J connectivity index is 2.43. The van der Waals surface area contributed by atoms with Crippen LogP contribution in [0.3, 0.4) is 0 Å². The van der Waals surface area contributed by atoms with Crippen molar-refractivity contribution in [2.75, 3.05) is 46.2 Å². The van der Waals surface area contributed by atoms with Crippen LogP contribution >= 0.6 is 0 Å². The van der Waals surface area contributed by atoms with Crippen molar-refractivity contribution < 1.29 is 0 Å². The van der Waals surface area contributed by atoms with E-state index in [9.17, 15) is 0 Å². The number of nitrogens with one attached hydrogen (secondary N) is 1. The van der Waals surface area contributed by atoms with E-state index in [4.69, 9.17) is 0 Å². The molecule has 5 nitrogen and oxygen atoms in total. The summed E-state index contributed by atoms with van der Waals surface area (Å²) in [6, 6.07) is 0. The van der Waals surface area contributed by atoms with Crippen LogP contribution in [-0.4, -0.2) is 56.1 Å². The van der Waals surface area contributed by atoms with Crippen molar-refractivity contribution in [1.82, 2.24) is 20.2 Å². The molecule has 0 spiro atoms. The van der Waals surface area contributed by atoms with E-state index in [0.29, 0.717) is 0 Å². The van der Waals surface area contributed by atoms with Gasteiger partial charge in [0.05, 0.1) is 0 Å². The lowest BCUT2D eigenvalue weighted by Gasteiger charge is -2.18. The van der Waals surface area contributed by atoms with Gasteiger partial charge in [0.25, 0.3) is 0 Å². The van der Waals surface area contributed by atoms with Gasteiger partial charge in [-0.2, -0.15) is 0 Å². The van der Waals surface area contributed by atoms with Crippen LogP contribution in [0.25, 0.3) is 0 Å². The first kappa shape index (κ1) is 13.9. The second-order valence-corrected chi connectivity index (χ2v) is 4.50. The van der Waals surface area contributed by atoms with Gasteiger partial charge in [-0.3, -0.25) is 0 Å². The molecule has 17 heavy (non-hydrogen) atoms. The molecule has 0 aliphatic heterocycles. The highest BCUT2D eigenvalue weighted by Crippen LogP contribution is 2.05. The standard InChI is InChI=1S/C12H23N5/c1-13-8-11-9-14-12(15-10-11)17(4)7-5-6-16(2)3/h9-10,13H,5-8H2,1-4H3. The van der Waals surface area contributed by atoms with E-state index in [1.165, 1.54) is 0 Å². The number of hydrogen-bond acceptors (Lipinski definition) is 5. The molecule has 1 N–H and O–H groups in total. The Bertz CT molecular complexity index is 309. The Labute approximate surface area is 104 Å². The summed E-state index contributed by atoms with van der Waals surface area (Å²) in [6.45, 7) is 2.87. The molecule has 1 rings (SSSR count). The monoisotopic (exact) mass is 237 g/mol. The van der Waals surface area contributed by atoms with Crippen LogP contribution in [0.2, 0.25) is 0 Å². The van der Waals surface area contributed by atoms with Crippen LogP contribution < -0.4 is 10.2 Å². The molecule has 0 amide bonds. The second-order valence-electron chi connectivity index (χ2n) is 4.50. The molecule has 0 fully saturated rings. The lowest BCUT2D eigenvalue weighted by atomic mass is 10.3. The number of hydrogen-bond donors (Lipinski definition) is 1. The van der Waals surface area contributed by atoms with Gasteiger partial charge in [0.1, 0.15) is 0 Å². The van der Waals surface area contributed by atoms with Crippen LogP contribution in [0.1, 0.15) is 12.0 Å². The van der Waals surface area contributed by atoms with Crippen molar-refractivity contribution in [2.24, 2.45) is 0 Å². The quantitative estimate of drug-likeness (QED) is 0.751. The van der Waals surface area contributed by atoms with E-state index >= 15 is 0 Å². The van der Waals surface area contributed by atoms with E-state index in [1.807, 2.05) is 26.5 Å². The Morgan fingerprint density at radius 1 is 1.12 bits per heavy atom. The van der Waals surface area contributed by atoms with Gasteiger partial charge in [0.2, 0.25) is 5.95 Å². The first-order chi connectivity index (χ1) is 8.13. The van der Waals surface area contributed by atoms with Crippen molar-refractivity contribution in [1.29, 1.82) is 0 Å². The SMILES string of the molecule is CNCc1cnc(N(C)CCCN(C)C)nc1. The molecule has 0 bridgehead atoms. The van der Waals surface area contributed by atoms with Gasteiger partial charge < -0.3 is 15.1 Å². The molecule has 1 aromatic heterocycles.